The molecule has 0 aliphatic carbocycles. The van der Waals surface area contributed by atoms with Crippen LogP contribution in [0.4, 0.5) is 11.4 Å². The molecule has 0 saturated carbocycles. The molecule has 1 amide bonds. The molecule has 21 heavy (non-hydrogen) atoms. The molecule has 0 bridgehead atoms. The van der Waals surface area contributed by atoms with Gasteiger partial charge in [-0.15, -0.1) is 0 Å². The van der Waals surface area contributed by atoms with Crippen LogP contribution in [0.15, 0.2) is 36.7 Å². The number of carbonyl (C=O) groups is 1. The Balaban J connectivity index is 2.29. The first-order valence-electron chi connectivity index (χ1n) is 6.07. The van der Waals surface area contributed by atoms with Crippen molar-refractivity contribution in [2.45, 2.75) is 0 Å². The molecule has 6 heteroatoms. The predicted molar refractivity (Wildman–Crippen MR) is 77.6 cm³/mol. The largest absolute Gasteiger partial charge is 0.386 e. The molecule has 0 fully saturated rings. The Bertz CT molecular complexity index is 770. The third-order valence-electron chi connectivity index (χ3n) is 2.85. The molecule has 2 aromatic rings. The summed E-state index contributed by atoms with van der Waals surface area (Å²) in [5.41, 5.74) is 1.99. The topological polar surface area (TPSA) is 102 Å². The number of pyridine rings is 1. The van der Waals surface area contributed by atoms with Crippen LogP contribution in [-0.4, -0.2) is 17.9 Å². The molecule has 0 spiro atoms. The fourth-order valence-corrected chi connectivity index (χ4v) is 1.80. The van der Waals surface area contributed by atoms with Crippen LogP contribution >= 0.6 is 0 Å². The highest BCUT2D eigenvalue weighted by molar-refractivity contribution is 6.07. The van der Waals surface area contributed by atoms with Crippen LogP contribution < -0.4 is 10.6 Å². The average Bonchev–Trinajstić information content (AvgIpc) is 2.54. The van der Waals surface area contributed by atoms with Gasteiger partial charge < -0.3 is 10.6 Å². The van der Waals surface area contributed by atoms with Gasteiger partial charge in [0.15, 0.2) is 0 Å². The summed E-state index contributed by atoms with van der Waals surface area (Å²) < 4.78 is 0. The van der Waals surface area contributed by atoms with E-state index in [1.54, 1.807) is 25.4 Å². The molecule has 102 valence electrons. The minimum atomic E-state index is -0.324. The van der Waals surface area contributed by atoms with Gasteiger partial charge in [-0.1, -0.05) is 0 Å². The Hall–Kier alpha value is -3.38. The molecular weight excluding hydrogens is 266 g/mol. The number of anilines is 2. The van der Waals surface area contributed by atoms with E-state index in [1.807, 2.05) is 12.1 Å². The summed E-state index contributed by atoms with van der Waals surface area (Å²) in [4.78, 5) is 16.2. The van der Waals surface area contributed by atoms with E-state index in [4.69, 9.17) is 10.5 Å². The molecule has 0 aliphatic heterocycles. The Morgan fingerprint density at radius 2 is 1.95 bits per heavy atom. The summed E-state index contributed by atoms with van der Waals surface area (Å²) in [6.07, 6.45) is 3.07. The fraction of sp³-hybridized carbons (Fsp3) is 0.0667. The number of hydrogen-bond donors (Lipinski definition) is 2. The monoisotopic (exact) mass is 277 g/mol. The third kappa shape index (κ3) is 2.96. The van der Waals surface area contributed by atoms with Gasteiger partial charge >= 0.3 is 0 Å². The van der Waals surface area contributed by atoms with E-state index in [-0.39, 0.29) is 17.0 Å². The highest BCUT2D eigenvalue weighted by Crippen LogP contribution is 2.18. The summed E-state index contributed by atoms with van der Waals surface area (Å²) in [6, 6.07) is 9.99. The van der Waals surface area contributed by atoms with Crippen molar-refractivity contribution in [3.63, 3.8) is 0 Å². The smallest absolute Gasteiger partial charge is 0.257 e. The van der Waals surface area contributed by atoms with Crippen LogP contribution in [0.3, 0.4) is 0 Å². The van der Waals surface area contributed by atoms with Gasteiger partial charge in [-0.2, -0.15) is 10.5 Å². The second-order valence-electron chi connectivity index (χ2n) is 4.11. The van der Waals surface area contributed by atoms with Crippen molar-refractivity contribution in [2.24, 2.45) is 0 Å². The summed E-state index contributed by atoms with van der Waals surface area (Å²) in [7, 11) is 1.70. The van der Waals surface area contributed by atoms with Gasteiger partial charge in [-0.3, -0.25) is 9.78 Å². The van der Waals surface area contributed by atoms with Crippen LogP contribution in [0.25, 0.3) is 0 Å². The van der Waals surface area contributed by atoms with Crippen molar-refractivity contribution < 1.29 is 4.79 Å². The molecule has 2 N–H and O–H groups in total. The first-order chi connectivity index (χ1) is 10.2. The van der Waals surface area contributed by atoms with E-state index in [2.05, 4.69) is 15.6 Å². The molecule has 0 aliphatic rings. The molecule has 0 atom stereocenters. The maximum atomic E-state index is 12.2. The average molecular weight is 277 g/mol. The van der Waals surface area contributed by atoms with Crippen molar-refractivity contribution in [3.05, 3.63) is 53.3 Å². The summed E-state index contributed by atoms with van der Waals surface area (Å²) in [5.74, 6) is -0.324. The quantitative estimate of drug-likeness (QED) is 0.894. The number of amides is 1. The van der Waals surface area contributed by atoms with Gasteiger partial charge in [0.2, 0.25) is 0 Å². The van der Waals surface area contributed by atoms with Crippen molar-refractivity contribution in [1.82, 2.24) is 4.98 Å². The summed E-state index contributed by atoms with van der Waals surface area (Å²) in [5, 5.41) is 23.4. The predicted octanol–water partition coefficient (Wildman–Crippen LogP) is 2.12. The number of benzene rings is 1. The maximum absolute atomic E-state index is 12.2. The van der Waals surface area contributed by atoms with Gasteiger partial charge in [0, 0.05) is 18.9 Å². The van der Waals surface area contributed by atoms with Gasteiger partial charge in [-0.05, 0) is 24.3 Å². The van der Waals surface area contributed by atoms with Gasteiger partial charge in [0.05, 0.1) is 28.6 Å². The zero-order valence-electron chi connectivity index (χ0n) is 11.2. The van der Waals surface area contributed by atoms with Gasteiger partial charge in [0.25, 0.3) is 5.91 Å². The van der Waals surface area contributed by atoms with Gasteiger partial charge in [0.1, 0.15) is 12.1 Å². The Labute approximate surface area is 121 Å². The lowest BCUT2D eigenvalue weighted by Gasteiger charge is -2.09. The number of carbonyl (C=O) groups excluding carboxylic acids is 1. The van der Waals surface area contributed by atoms with Crippen LogP contribution in [0.5, 0.6) is 0 Å². The molecule has 2 rings (SSSR count). The van der Waals surface area contributed by atoms with Crippen LogP contribution in [0.1, 0.15) is 21.5 Å². The van der Waals surface area contributed by atoms with E-state index in [9.17, 15) is 4.79 Å². The normalized spacial score (nSPS) is 9.29. The molecule has 0 saturated heterocycles. The number of nitrogens with zero attached hydrogens (tertiary/aromatic N) is 3. The third-order valence-corrected chi connectivity index (χ3v) is 2.85. The van der Waals surface area contributed by atoms with Crippen molar-refractivity contribution >= 4 is 17.3 Å². The van der Waals surface area contributed by atoms with E-state index in [0.717, 1.165) is 0 Å². The Morgan fingerprint density at radius 3 is 2.62 bits per heavy atom. The second kappa shape index (κ2) is 6.18. The van der Waals surface area contributed by atoms with E-state index in [1.165, 1.54) is 18.3 Å². The van der Waals surface area contributed by atoms with E-state index < -0.39 is 0 Å². The molecule has 1 aromatic carbocycles. The summed E-state index contributed by atoms with van der Waals surface area (Å²) >= 11 is 0. The molecular formula is C15H11N5O. The van der Waals surface area contributed by atoms with Crippen LogP contribution in [0, 0.1) is 22.7 Å². The van der Waals surface area contributed by atoms with E-state index >= 15 is 0 Å². The molecule has 0 unspecified atom stereocenters. The highest BCUT2D eigenvalue weighted by atomic mass is 16.1. The molecule has 0 radical (unpaired) electrons. The zero-order chi connectivity index (χ0) is 15.2. The van der Waals surface area contributed by atoms with Crippen LogP contribution in [0.2, 0.25) is 0 Å². The van der Waals surface area contributed by atoms with Crippen LogP contribution in [-0.2, 0) is 0 Å². The first kappa shape index (κ1) is 14.0. The standard InChI is InChI=1S/C15H11N5O/c1-18-14-9-19-5-4-13(14)15(21)20-12-3-2-10(7-16)11(6-12)8-17/h2-6,9,18H,1H3,(H,20,21). The summed E-state index contributed by atoms with van der Waals surface area (Å²) in [6.45, 7) is 0. The number of aromatic nitrogens is 1. The van der Waals surface area contributed by atoms with Crippen molar-refractivity contribution in [2.75, 3.05) is 17.7 Å². The molecule has 1 heterocycles. The molecule has 6 nitrogen and oxygen atoms in total. The number of hydrogen-bond acceptors (Lipinski definition) is 5. The lowest BCUT2D eigenvalue weighted by Crippen LogP contribution is -2.14. The fourth-order valence-electron chi connectivity index (χ4n) is 1.80. The lowest BCUT2D eigenvalue weighted by atomic mass is 10.1. The van der Waals surface area contributed by atoms with E-state index in [0.29, 0.717) is 16.9 Å². The zero-order valence-corrected chi connectivity index (χ0v) is 11.2. The number of nitriles is 2. The Morgan fingerprint density at radius 1 is 1.19 bits per heavy atom. The SMILES string of the molecule is CNc1cnccc1C(=O)Nc1ccc(C#N)c(C#N)c1. The maximum Gasteiger partial charge on any atom is 0.257 e. The minimum absolute atomic E-state index is 0.221. The van der Waals surface area contributed by atoms with Crippen molar-refractivity contribution in [1.29, 1.82) is 10.5 Å². The van der Waals surface area contributed by atoms with Gasteiger partial charge in [-0.25, -0.2) is 0 Å². The first-order valence-corrected chi connectivity index (χ1v) is 6.07. The number of rotatable bonds is 3. The lowest BCUT2D eigenvalue weighted by molar-refractivity contribution is 0.102. The second-order valence-corrected chi connectivity index (χ2v) is 4.11. The molecule has 1 aromatic heterocycles. The Kier molecular flexibility index (Phi) is 4.13. The minimum Gasteiger partial charge on any atom is -0.386 e. The highest BCUT2D eigenvalue weighted by Gasteiger charge is 2.11. The number of nitrogens with one attached hydrogen (secondary N) is 2. The van der Waals surface area contributed by atoms with Crippen molar-refractivity contribution in [3.8, 4) is 12.1 Å².